The molecule has 3 heteroatoms. The van der Waals surface area contributed by atoms with Crippen molar-refractivity contribution in [3.8, 4) is 45.0 Å². The Hall–Kier alpha value is -5.67. The maximum absolute atomic E-state index is 5.43. The van der Waals surface area contributed by atoms with Crippen LogP contribution in [0.25, 0.3) is 77.6 Å². The number of nitrogens with zero attached hydrogens (tertiary/aromatic N) is 3. The molecule has 0 fully saturated rings. The van der Waals surface area contributed by atoms with Crippen LogP contribution in [0.4, 0.5) is 0 Å². The Morgan fingerprint density at radius 3 is 1.64 bits per heavy atom. The van der Waals surface area contributed by atoms with Crippen LogP contribution in [0.5, 0.6) is 0 Å². The summed E-state index contributed by atoms with van der Waals surface area (Å²) in [6.07, 6.45) is 0. The summed E-state index contributed by atoms with van der Waals surface area (Å²) in [5.74, 6) is 0.704. The molecule has 0 aliphatic rings. The van der Waals surface area contributed by atoms with Gasteiger partial charge in [0.15, 0.2) is 5.82 Å². The van der Waals surface area contributed by atoms with E-state index < -0.39 is 0 Å². The summed E-state index contributed by atoms with van der Waals surface area (Å²) in [4.78, 5) is 15.6. The lowest BCUT2D eigenvalue weighted by Gasteiger charge is -2.17. The Labute approximate surface area is 243 Å². The molecule has 0 radical (unpaired) electrons. The second kappa shape index (κ2) is 10.1. The molecule has 0 spiro atoms. The molecule has 0 saturated heterocycles. The van der Waals surface area contributed by atoms with Gasteiger partial charge >= 0.3 is 0 Å². The quantitative estimate of drug-likeness (QED) is 0.211. The van der Waals surface area contributed by atoms with Crippen LogP contribution in [0.3, 0.4) is 0 Å². The molecule has 196 valence electrons. The van der Waals surface area contributed by atoms with Crippen molar-refractivity contribution in [1.82, 2.24) is 15.0 Å². The van der Waals surface area contributed by atoms with Crippen molar-refractivity contribution in [3.05, 3.63) is 152 Å². The highest BCUT2D eigenvalue weighted by Gasteiger charge is 2.19. The predicted molar refractivity (Wildman–Crippen MR) is 174 cm³/mol. The van der Waals surface area contributed by atoms with E-state index in [0.717, 1.165) is 55.3 Å². The summed E-state index contributed by atoms with van der Waals surface area (Å²) in [5.41, 5.74) is 9.11. The number of hydrogen-bond acceptors (Lipinski definition) is 3. The number of benzene rings is 6. The van der Waals surface area contributed by atoms with Crippen LogP contribution >= 0.6 is 0 Å². The third-order valence-corrected chi connectivity index (χ3v) is 7.87. The molecule has 8 aromatic rings. The molecule has 0 aliphatic carbocycles. The average Bonchev–Trinajstić information content (AvgIpc) is 3.08. The Morgan fingerprint density at radius 1 is 0.333 bits per heavy atom. The first kappa shape index (κ1) is 24.2. The zero-order valence-corrected chi connectivity index (χ0v) is 22.8. The number of aromatic nitrogens is 3. The molecule has 2 heterocycles. The minimum absolute atomic E-state index is 0.704. The average molecular weight is 536 g/mol. The second-order valence-corrected chi connectivity index (χ2v) is 10.4. The molecular weight excluding hydrogens is 510 g/mol. The third-order valence-electron chi connectivity index (χ3n) is 7.87. The van der Waals surface area contributed by atoms with Crippen LogP contribution in [-0.4, -0.2) is 15.0 Å². The van der Waals surface area contributed by atoms with E-state index in [2.05, 4.69) is 115 Å². The van der Waals surface area contributed by atoms with Crippen molar-refractivity contribution < 1.29 is 0 Å². The fourth-order valence-electron chi connectivity index (χ4n) is 5.94. The van der Waals surface area contributed by atoms with Gasteiger partial charge in [0.05, 0.1) is 22.4 Å². The Bertz CT molecular complexity index is 2230. The summed E-state index contributed by atoms with van der Waals surface area (Å²) < 4.78 is 0. The van der Waals surface area contributed by atoms with Gasteiger partial charge in [-0.1, -0.05) is 146 Å². The Balaban J connectivity index is 1.52. The molecule has 8 rings (SSSR count). The second-order valence-electron chi connectivity index (χ2n) is 10.4. The zero-order valence-electron chi connectivity index (χ0n) is 22.8. The number of hydrogen-bond donors (Lipinski definition) is 0. The van der Waals surface area contributed by atoms with Crippen molar-refractivity contribution in [2.75, 3.05) is 0 Å². The highest BCUT2D eigenvalue weighted by molar-refractivity contribution is 6.19. The van der Waals surface area contributed by atoms with Crippen molar-refractivity contribution in [2.45, 2.75) is 0 Å². The van der Waals surface area contributed by atoms with Crippen LogP contribution in [0.15, 0.2) is 152 Å². The van der Waals surface area contributed by atoms with Crippen LogP contribution < -0.4 is 0 Å². The molecule has 0 unspecified atom stereocenters. The van der Waals surface area contributed by atoms with Gasteiger partial charge in [-0.3, -0.25) is 0 Å². The summed E-state index contributed by atoms with van der Waals surface area (Å²) in [5, 5.41) is 4.43. The fourth-order valence-corrected chi connectivity index (χ4v) is 5.94. The molecule has 3 nitrogen and oxygen atoms in total. The molecule has 0 amide bonds. The highest BCUT2D eigenvalue weighted by atomic mass is 14.9. The van der Waals surface area contributed by atoms with Crippen molar-refractivity contribution in [1.29, 1.82) is 0 Å². The Morgan fingerprint density at radius 2 is 0.905 bits per heavy atom. The van der Waals surface area contributed by atoms with E-state index in [1.807, 2.05) is 36.4 Å². The van der Waals surface area contributed by atoms with Crippen molar-refractivity contribution in [2.24, 2.45) is 0 Å². The van der Waals surface area contributed by atoms with E-state index in [1.165, 1.54) is 16.5 Å². The van der Waals surface area contributed by atoms with Gasteiger partial charge < -0.3 is 0 Å². The van der Waals surface area contributed by atoms with E-state index in [0.29, 0.717) is 5.82 Å². The monoisotopic (exact) mass is 535 g/mol. The summed E-state index contributed by atoms with van der Waals surface area (Å²) >= 11 is 0. The van der Waals surface area contributed by atoms with Crippen LogP contribution in [-0.2, 0) is 0 Å². The molecule has 6 aromatic carbocycles. The molecule has 2 aromatic heterocycles. The molecule has 0 saturated carbocycles. The predicted octanol–water partition coefficient (Wildman–Crippen LogP) is 10.00. The van der Waals surface area contributed by atoms with Gasteiger partial charge in [-0.05, 0) is 17.2 Å². The minimum atomic E-state index is 0.704. The summed E-state index contributed by atoms with van der Waals surface area (Å²) in [7, 11) is 0. The number of pyridine rings is 1. The topological polar surface area (TPSA) is 38.7 Å². The Kier molecular flexibility index (Phi) is 5.79. The molecular formula is C39H25N3. The lowest BCUT2D eigenvalue weighted by molar-refractivity contribution is 1.23. The zero-order chi connectivity index (χ0) is 27.9. The van der Waals surface area contributed by atoms with E-state index >= 15 is 0 Å². The van der Waals surface area contributed by atoms with Gasteiger partial charge in [0.25, 0.3) is 0 Å². The van der Waals surface area contributed by atoms with E-state index in [4.69, 9.17) is 15.0 Å². The molecule has 0 atom stereocenters. The van der Waals surface area contributed by atoms with Gasteiger partial charge in [-0.15, -0.1) is 0 Å². The third kappa shape index (κ3) is 4.03. The minimum Gasteiger partial charge on any atom is -0.246 e. The standard InChI is InChI=1S/C39H25N3/c1-4-14-26(15-5-1)29-21-12-22-31-35(29)32-23-13-24-33(38(32)41-36(31)27-16-6-2-7-17-27)37-30-20-10-11-25-34(30)40-39(42-37)28-18-8-3-9-19-28/h1-25H. The molecule has 0 N–H and O–H groups in total. The van der Waals surface area contributed by atoms with Crippen LogP contribution in [0, 0.1) is 0 Å². The highest BCUT2D eigenvalue weighted by Crippen LogP contribution is 2.42. The molecule has 0 bridgehead atoms. The summed E-state index contributed by atoms with van der Waals surface area (Å²) in [6.45, 7) is 0. The van der Waals surface area contributed by atoms with Crippen LogP contribution in [0.2, 0.25) is 0 Å². The SMILES string of the molecule is c1ccc(-c2nc(-c3cccc4c3nc(-c3ccccc3)c3cccc(-c5ccccc5)c34)c3ccccc3n2)cc1. The number of rotatable bonds is 4. The van der Waals surface area contributed by atoms with Gasteiger partial charge in [0.1, 0.15) is 0 Å². The number of para-hydroxylation sites is 2. The van der Waals surface area contributed by atoms with Crippen molar-refractivity contribution in [3.63, 3.8) is 0 Å². The van der Waals surface area contributed by atoms with Gasteiger partial charge in [0.2, 0.25) is 0 Å². The first-order valence-electron chi connectivity index (χ1n) is 14.1. The van der Waals surface area contributed by atoms with Crippen molar-refractivity contribution >= 4 is 32.6 Å². The van der Waals surface area contributed by atoms with Gasteiger partial charge in [-0.2, -0.15) is 0 Å². The first-order chi connectivity index (χ1) is 20.8. The van der Waals surface area contributed by atoms with Gasteiger partial charge in [0, 0.05) is 38.2 Å². The number of fused-ring (bicyclic) bond motifs is 4. The smallest absolute Gasteiger partial charge is 0.160 e. The largest absolute Gasteiger partial charge is 0.246 e. The van der Waals surface area contributed by atoms with Gasteiger partial charge in [-0.25, -0.2) is 15.0 Å². The lowest BCUT2D eigenvalue weighted by Crippen LogP contribution is -1.98. The maximum Gasteiger partial charge on any atom is 0.160 e. The first-order valence-corrected chi connectivity index (χ1v) is 14.1. The summed E-state index contributed by atoms with van der Waals surface area (Å²) in [6, 6.07) is 52.5. The van der Waals surface area contributed by atoms with Crippen LogP contribution in [0.1, 0.15) is 0 Å². The lowest BCUT2D eigenvalue weighted by atomic mass is 9.91. The van der Waals surface area contributed by atoms with E-state index in [-0.39, 0.29) is 0 Å². The molecule has 42 heavy (non-hydrogen) atoms. The normalized spacial score (nSPS) is 11.3. The molecule has 0 aliphatic heterocycles. The van der Waals surface area contributed by atoms with E-state index in [1.54, 1.807) is 0 Å². The fraction of sp³-hybridized carbons (Fsp3) is 0. The maximum atomic E-state index is 5.43. The van der Waals surface area contributed by atoms with E-state index in [9.17, 15) is 0 Å².